The van der Waals surface area contributed by atoms with Gasteiger partial charge in [0.15, 0.2) is 15.8 Å². The molecule has 116 valence electrons. The van der Waals surface area contributed by atoms with Gasteiger partial charge in [-0.1, -0.05) is 30.3 Å². The lowest BCUT2D eigenvalue weighted by Crippen LogP contribution is -2.31. The first kappa shape index (κ1) is 17.2. The fourth-order valence-corrected chi connectivity index (χ4v) is 1.43. The molecule has 2 aromatic rings. The number of aryl methyl sites for hydroxylation is 1. The molecule has 0 aliphatic rings. The van der Waals surface area contributed by atoms with Gasteiger partial charge in [-0.05, 0) is 0 Å². The lowest BCUT2D eigenvalue weighted by Gasteiger charge is -2.08. The molecule has 0 radical (unpaired) electrons. The monoisotopic (exact) mass is 322 g/mol. The van der Waals surface area contributed by atoms with Crippen LogP contribution in [0.2, 0.25) is 0 Å². The molecule has 0 unspecified atom stereocenters. The van der Waals surface area contributed by atoms with E-state index >= 15 is 0 Å². The fourth-order valence-electron chi connectivity index (χ4n) is 1.43. The van der Waals surface area contributed by atoms with E-state index in [0.717, 1.165) is 0 Å². The standard InChI is InChI=1S/C11H12N2.CHF3O3S/c1-9-12-8-11(13(9)2)10-6-4-3-5-7-10;2-1(3,4)8(5,6)7/h3-8H,1-2H3;(H,5,6,7). The van der Waals surface area contributed by atoms with E-state index in [-0.39, 0.29) is 0 Å². The predicted octanol–water partition coefficient (Wildman–Crippen LogP) is 1.87. The summed E-state index contributed by atoms with van der Waals surface area (Å²) in [7, 11) is -4.03. The van der Waals surface area contributed by atoms with E-state index in [4.69, 9.17) is 13.0 Å². The van der Waals surface area contributed by atoms with Crippen LogP contribution in [0.15, 0.2) is 36.5 Å². The van der Waals surface area contributed by atoms with Gasteiger partial charge in [0.1, 0.15) is 6.20 Å². The third-order valence-corrected chi connectivity index (χ3v) is 3.20. The van der Waals surface area contributed by atoms with Crippen LogP contribution in [0.3, 0.4) is 0 Å². The molecular weight excluding hydrogens is 309 g/mol. The van der Waals surface area contributed by atoms with Gasteiger partial charge in [0.05, 0.1) is 7.05 Å². The van der Waals surface area contributed by atoms with Crippen LogP contribution in [-0.4, -0.2) is 23.5 Å². The maximum absolute atomic E-state index is 10.7. The van der Waals surface area contributed by atoms with Crippen LogP contribution >= 0.6 is 0 Å². The van der Waals surface area contributed by atoms with Crippen molar-refractivity contribution in [1.82, 2.24) is 4.98 Å². The number of aromatic amines is 1. The van der Waals surface area contributed by atoms with Gasteiger partial charge in [0.2, 0.25) is 0 Å². The first-order chi connectivity index (χ1) is 9.54. The number of rotatable bonds is 1. The SMILES string of the molecule is Cc1[nH]cc(-c2ccccc2)[n+]1C.O=S(=O)([O-])C(F)(F)F. The molecule has 2 rings (SSSR count). The van der Waals surface area contributed by atoms with Crippen molar-refractivity contribution in [1.29, 1.82) is 0 Å². The molecule has 9 heteroatoms. The largest absolute Gasteiger partial charge is 0.741 e. The molecule has 0 atom stereocenters. The third kappa shape index (κ3) is 4.57. The number of halogens is 3. The highest BCUT2D eigenvalue weighted by Crippen LogP contribution is 2.20. The minimum Gasteiger partial charge on any atom is -0.741 e. The van der Waals surface area contributed by atoms with Gasteiger partial charge in [-0.2, -0.15) is 13.2 Å². The van der Waals surface area contributed by atoms with Crippen LogP contribution in [-0.2, 0) is 17.2 Å². The molecule has 1 aromatic carbocycles. The van der Waals surface area contributed by atoms with Crippen molar-refractivity contribution in [3.05, 3.63) is 42.4 Å². The maximum Gasteiger partial charge on any atom is 0.485 e. The summed E-state index contributed by atoms with van der Waals surface area (Å²) in [4.78, 5) is 3.20. The highest BCUT2D eigenvalue weighted by Gasteiger charge is 2.36. The molecule has 0 spiro atoms. The zero-order chi connectivity index (χ0) is 16.3. The second kappa shape index (κ2) is 6.27. The number of benzene rings is 1. The van der Waals surface area contributed by atoms with Crippen molar-refractivity contribution >= 4 is 10.1 Å². The summed E-state index contributed by atoms with van der Waals surface area (Å²) in [6.07, 6.45) is 2.03. The van der Waals surface area contributed by atoms with Crippen LogP contribution in [0.1, 0.15) is 5.82 Å². The first-order valence-electron chi connectivity index (χ1n) is 5.65. The Labute approximate surface area is 119 Å². The summed E-state index contributed by atoms with van der Waals surface area (Å²) in [6.45, 7) is 2.06. The van der Waals surface area contributed by atoms with E-state index in [1.54, 1.807) is 0 Å². The molecule has 0 amide bonds. The van der Waals surface area contributed by atoms with E-state index in [1.807, 2.05) is 12.3 Å². The highest BCUT2D eigenvalue weighted by molar-refractivity contribution is 7.86. The Kier molecular flexibility index (Phi) is 5.13. The van der Waals surface area contributed by atoms with Gasteiger partial charge in [0.25, 0.3) is 5.82 Å². The molecule has 0 aliphatic carbocycles. The minimum atomic E-state index is -6.09. The Hall–Kier alpha value is -1.87. The third-order valence-electron chi connectivity index (χ3n) is 2.64. The highest BCUT2D eigenvalue weighted by atomic mass is 32.2. The molecular formula is C12H13F3N2O3S. The van der Waals surface area contributed by atoms with Crippen molar-refractivity contribution in [3.8, 4) is 11.3 Å². The summed E-state index contributed by atoms with van der Waals surface area (Å²) in [5.74, 6) is 1.17. The summed E-state index contributed by atoms with van der Waals surface area (Å²) in [5.41, 5.74) is -3.18. The topological polar surface area (TPSA) is 76.9 Å². The number of imidazole rings is 1. The van der Waals surface area contributed by atoms with Gasteiger partial charge < -0.3 is 4.55 Å². The van der Waals surface area contributed by atoms with Crippen LogP contribution in [0.25, 0.3) is 11.3 Å². The van der Waals surface area contributed by atoms with Crippen molar-refractivity contribution < 1.29 is 30.7 Å². The van der Waals surface area contributed by atoms with Crippen molar-refractivity contribution in [2.45, 2.75) is 12.4 Å². The van der Waals surface area contributed by atoms with Crippen LogP contribution in [0.5, 0.6) is 0 Å². The van der Waals surface area contributed by atoms with Crippen molar-refractivity contribution in [2.75, 3.05) is 0 Å². The lowest BCUT2D eigenvalue weighted by atomic mass is 10.2. The van der Waals surface area contributed by atoms with Crippen molar-refractivity contribution in [3.63, 3.8) is 0 Å². The van der Waals surface area contributed by atoms with E-state index in [9.17, 15) is 13.2 Å². The van der Waals surface area contributed by atoms with Gasteiger partial charge in [-0.15, -0.1) is 0 Å². The maximum atomic E-state index is 10.7. The summed E-state index contributed by atoms with van der Waals surface area (Å²) < 4.78 is 61.1. The minimum absolute atomic E-state index is 1.17. The average Bonchev–Trinajstić information content (AvgIpc) is 2.69. The fraction of sp³-hybridized carbons (Fsp3) is 0.250. The quantitative estimate of drug-likeness (QED) is 0.495. The molecule has 1 aromatic heterocycles. The normalized spacial score (nSPS) is 11.7. The number of hydrogen-bond acceptors (Lipinski definition) is 3. The van der Waals surface area contributed by atoms with Gasteiger partial charge in [-0.3, -0.25) is 0 Å². The molecule has 1 heterocycles. The summed E-state index contributed by atoms with van der Waals surface area (Å²) >= 11 is 0. The predicted molar refractivity (Wildman–Crippen MR) is 67.9 cm³/mol. The molecule has 0 saturated carbocycles. The van der Waals surface area contributed by atoms with Gasteiger partial charge >= 0.3 is 5.51 Å². The summed E-state index contributed by atoms with van der Waals surface area (Å²) in [6, 6.07) is 10.4. The smallest absolute Gasteiger partial charge is 0.485 e. The van der Waals surface area contributed by atoms with Crippen molar-refractivity contribution in [2.24, 2.45) is 7.05 Å². The number of H-pyrrole nitrogens is 1. The number of hydrogen-bond donors (Lipinski definition) is 1. The Balaban J connectivity index is 0.000000240. The van der Waals surface area contributed by atoms with Gasteiger partial charge in [0, 0.05) is 12.5 Å². The molecule has 0 saturated heterocycles. The molecule has 0 fully saturated rings. The second-order valence-corrected chi connectivity index (χ2v) is 5.46. The van der Waals surface area contributed by atoms with Crippen LogP contribution in [0.4, 0.5) is 13.2 Å². The molecule has 21 heavy (non-hydrogen) atoms. The first-order valence-corrected chi connectivity index (χ1v) is 7.06. The van der Waals surface area contributed by atoms with Crippen LogP contribution < -0.4 is 4.57 Å². The number of aromatic nitrogens is 2. The zero-order valence-electron chi connectivity index (χ0n) is 11.2. The van der Waals surface area contributed by atoms with E-state index in [1.165, 1.54) is 17.1 Å². The molecule has 0 bridgehead atoms. The van der Waals surface area contributed by atoms with Crippen LogP contribution in [0, 0.1) is 6.92 Å². The number of nitrogens with one attached hydrogen (secondary N) is 1. The molecule has 5 nitrogen and oxygen atoms in total. The van der Waals surface area contributed by atoms with E-state index in [2.05, 4.69) is 47.8 Å². The Bertz CT molecular complexity index is 694. The Morgan fingerprint density at radius 3 is 2.00 bits per heavy atom. The molecule has 0 aliphatic heterocycles. The second-order valence-electron chi connectivity index (χ2n) is 4.08. The van der Waals surface area contributed by atoms with E-state index in [0.29, 0.717) is 0 Å². The lowest BCUT2D eigenvalue weighted by molar-refractivity contribution is -0.665. The summed E-state index contributed by atoms with van der Waals surface area (Å²) in [5, 5.41) is 0. The zero-order valence-corrected chi connectivity index (χ0v) is 12.0. The molecule has 1 N–H and O–H groups in total. The number of nitrogens with zero attached hydrogens (tertiary/aromatic N) is 1. The Morgan fingerprint density at radius 2 is 1.67 bits per heavy atom. The van der Waals surface area contributed by atoms with Gasteiger partial charge in [-0.25, -0.2) is 18.0 Å². The van der Waals surface area contributed by atoms with E-state index < -0.39 is 15.6 Å². The Morgan fingerprint density at radius 1 is 1.19 bits per heavy atom. The average molecular weight is 322 g/mol. The number of alkyl halides is 3.